The Bertz CT molecular complexity index is 880. The lowest BCUT2D eigenvalue weighted by atomic mass is 9.91. The molecule has 1 N–H and O–H groups in total. The van der Waals surface area contributed by atoms with Crippen LogP contribution in [0.1, 0.15) is 73.9 Å². The third-order valence-corrected chi connectivity index (χ3v) is 5.79. The Balaban J connectivity index is 1.76. The molecule has 1 aliphatic heterocycles. The van der Waals surface area contributed by atoms with Crippen LogP contribution < -0.4 is 5.32 Å². The Morgan fingerprint density at radius 2 is 1.60 bits per heavy atom. The van der Waals surface area contributed by atoms with Crippen molar-refractivity contribution >= 4 is 17.5 Å². The quantitative estimate of drug-likeness (QED) is 0.701. The van der Waals surface area contributed by atoms with Gasteiger partial charge in [-0.1, -0.05) is 45.9 Å². The molecule has 3 rings (SSSR count). The van der Waals surface area contributed by atoms with Crippen molar-refractivity contribution in [2.24, 2.45) is 5.92 Å². The first-order chi connectivity index (χ1) is 14.3. The zero-order valence-corrected chi connectivity index (χ0v) is 18.2. The minimum atomic E-state index is -0.368. The first kappa shape index (κ1) is 22.0. The summed E-state index contributed by atoms with van der Waals surface area (Å²) in [7, 11) is 0. The Morgan fingerprint density at radius 1 is 1.00 bits per heavy atom. The van der Waals surface area contributed by atoms with Gasteiger partial charge in [-0.3, -0.25) is 9.59 Å². The summed E-state index contributed by atoms with van der Waals surface area (Å²) in [6, 6.07) is 11.7. The summed E-state index contributed by atoms with van der Waals surface area (Å²) in [6.07, 6.45) is 1.52. The number of hydrogen-bond acceptors (Lipinski definition) is 2. The predicted octanol–water partition coefficient (Wildman–Crippen LogP) is 5.56. The Morgan fingerprint density at radius 3 is 2.17 bits per heavy atom. The molecule has 1 unspecified atom stereocenters. The first-order valence-corrected chi connectivity index (χ1v) is 10.8. The third-order valence-electron chi connectivity index (χ3n) is 5.79. The fourth-order valence-electron chi connectivity index (χ4n) is 4.07. The van der Waals surface area contributed by atoms with Gasteiger partial charge in [-0.25, -0.2) is 4.39 Å². The summed E-state index contributed by atoms with van der Waals surface area (Å²) in [4.78, 5) is 27.7. The maximum Gasteiger partial charge on any atom is 0.253 e. The van der Waals surface area contributed by atoms with Crippen molar-refractivity contribution in [1.29, 1.82) is 0 Å². The van der Waals surface area contributed by atoms with Crippen LogP contribution in [0.4, 0.5) is 10.1 Å². The molecule has 160 valence electrons. The SMILES string of the molecule is CC(C)c1cccc(C(C)C)c1NC(=O)C1CCCN(C(=O)c2ccc(F)cc2)C1. The van der Waals surface area contributed by atoms with E-state index in [2.05, 4.69) is 45.1 Å². The van der Waals surface area contributed by atoms with Gasteiger partial charge in [-0.15, -0.1) is 0 Å². The van der Waals surface area contributed by atoms with E-state index in [0.29, 0.717) is 30.5 Å². The number of anilines is 1. The summed E-state index contributed by atoms with van der Waals surface area (Å²) in [5, 5.41) is 3.19. The van der Waals surface area contributed by atoms with Crippen LogP contribution in [0.25, 0.3) is 0 Å². The van der Waals surface area contributed by atoms with Gasteiger partial charge in [0, 0.05) is 24.3 Å². The van der Waals surface area contributed by atoms with E-state index in [-0.39, 0.29) is 23.5 Å². The van der Waals surface area contributed by atoms with Crippen LogP contribution in [0.15, 0.2) is 42.5 Å². The van der Waals surface area contributed by atoms with E-state index in [1.165, 1.54) is 24.3 Å². The monoisotopic (exact) mass is 410 g/mol. The molecule has 1 fully saturated rings. The molecule has 1 aliphatic rings. The number of para-hydroxylation sites is 1. The van der Waals surface area contributed by atoms with E-state index in [1.807, 2.05) is 6.07 Å². The van der Waals surface area contributed by atoms with Crippen molar-refractivity contribution in [3.63, 3.8) is 0 Å². The molecule has 0 radical (unpaired) electrons. The van der Waals surface area contributed by atoms with E-state index < -0.39 is 0 Å². The molecular weight excluding hydrogens is 379 g/mol. The third kappa shape index (κ3) is 4.89. The number of hydrogen-bond donors (Lipinski definition) is 1. The maximum atomic E-state index is 13.2. The van der Waals surface area contributed by atoms with Gasteiger partial charge in [-0.05, 0) is 60.1 Å². The van der Waals surface area contributed by atoms with E-state index in [9.17, 15) is 14.0 Å². The molecule has 30 heavy (non-hydrogen) atoms. The first-order valence-electron chi connectivity index (χ1n) is 10.8. The summed E-state index contributed by atoms with van der Waals surface area (Å²) < 4.78 is 13.2. The average molecular weight is 411 g/mol. The van der Waals surface area contributed by atoms with Crippen molar-refractivity contribution in [3.05, 3.63) is 65.0 Å². The molecule has 4 nitrogen and oxygen atoms in total. The fourth-order valence-corrected chi connectivity index (χ4v) is 4.07. The number of amides is 2. The topological polar surface area (TPSA) is 49.4 Å². The number of nitrogens with one attached hydrogen (secondary N) is 1. The highest BCUT2D eigenvalue weighted by molar-refractivity contribution is 5.97. The van der Waals surface area contributed by atoms with Crippen LogP contribution in [-0.2, 0) is 4.79 Å². The zero-order chi connectivity index (χ0) is 21.8. The zero-order valence-electron chi connectivity index (χ0n) is 18.2. The molecule has 1 heterocycles. The summed E-state index contributed by atoms with van der Waals surface area (Å²) in [6.45, 7) is 9.48. The highest BCUT2D eigenvalue weighted by atomic mass is 19.1. The highest BCUT2D eigenvalue weighted by Crippen LogP contribution is 2.33. The Kier molecular flexibility index (Phi) is 6.91. The van der Waals surface area contributed by atoms with Crippen molar-refractivity contribution in [2.75, 3.05) is 18.4 Å². The van der Waals surface area contributed by atoms with Crippen LogP contribution in [-0.4, -0.2) is 29.8 Å². The van der Waals surface area contributed by atoms with Crippen molar-refractivity contribution in [2.45, 2.75) is 52.4 Å². The molecule has 2 amide bonds. The average Bonchev–Trinajstić information content (AvgIpc) is 2.73. The van der Waals surface area contributed by atoms with Crippen LogP contribution in [0.2, 0.25) is 0 Å². The second kappa shape index (κ2) is 9.41. The minimum absolute atomic E-state index is 0.0402. The molecule has 5 heteroatoms. The van der Waals surface area contributed by atoms with E-state index >= 15 is 0 Å². The highest BCUT2D eigenvalue weighted by Gasteiger charge is 2.30. The second-order valence-electron chi connectivity index (χ2n) is 8.71. The second-order valence-corrected chi connectivity index (χ2v) is 8.71. The van der Waals surface area contributed by atoms with Gasteiger partial charge in [-0.2, -0.15) is 0 Å². The Labute approximate surface area is 178 Å². The molecule has 1 saturated heterocycles. The molecular formula is C25H31FN2O2. The van der Waals surface area contributed by atoms with Gasteiger partial charge in [0.1, 0.15) is 5.82 Å². The lowest BCUT2D eigenvalue weighted by molar-refractivity contribution is -0.121. The van der Waals surface area contributed by atoms with E-state index in [1.54, 1.807) is 4.90 Å². The summed E-state index contributed by atoms with van der Waals surface area (Å²) >= 11 is 0. The van der Waals surface area contributed by atoms with Gasteiger partial charge in [0.2, 0.25) is 5.91 Å². The number of likely N-dealkylation sites (tertiary alicyclic amines) is 1. The van der Waals surface area contributed by atoms with E-state index in [0.717, 1.165) is 29.7 Å². The lowest BCUT2D eigenvalue weighted by Gasteiger charge is -2.32. The molecule has 0 aliphatic carbocycles. The Hall–Kier alpha value is -2.69. The number of carbonyl (C=O) groups is 2. The van der Waals surface area contributed by atoms with Gasteiger partial charge < -0.3 is 10.2 Å². The van der Waals surface area contributed by atoms with Gasteiger partial charge in [0.05, 0.1) is 5.92 Å². The molecule has 2 aromatic carbocycles. The number of carbonyl (C=O) groups excluding carboxylic acids is 2. The van der Waals surface area contributed by atoms with Crippen LogP contribution in [0.5, 0.6) is 0 Å². The molecule has 0 saturated carbocycles. The van der Waals surface area contributed by atoms with E-state index in [4.69, 9.17) is 0 Å². The minimum Gasteiger partial charge on any atom is -0.338 e. The molecule has 1 atom stereocenters. The van der Waals surface area contributed by atoms with Crippen molar-refractivity contribution in [1.82, 2.24) is 4.90 Å². The van der Waals surface area contributed by atoms with Crippen molar-refractivity contribution < 1.29 is 14.0 Å². The maximum absolute atomic E-state index is 13.2. The molecule has 2 aromatic rings. The number of rotatable bonds is 5. The standard InChI is InChI=1S/C25H31FN2O2/c1-16(2)21-8-5-9-22(17(3)4)23(21)27-24(29)19-7-6-14-28(15-19)25(30)18-10-12-20(26)13-11-18/h5,8-13,16-17,19H,6-7,14-15H2,1-4H3,(H,27,29). The smallest absolute Gasteiger partial charge is 0.253 e. The molecule has 0 aromatic heterocycles. The summed E-state index contributed by atoms with van der Waals surface area (Å²) in [5.74, 6) is -0.237. The number of piperidine rings is 1. The number of benzene rings is 2. The normalized spacial score (nSPS) is 16.8. The van der Waals surface area contributed by atoms with Crippen LogP contribution in [0, 0.1) is 11.7 Å². The largest absolute Gasteiger partial charge is 0.338 e. The van der Waals surface area contributed by atoms with Crippen LogP contribution >= 0.6 is 0 Å². The van der Waals surface area contributed by atoms with Crippen molar-refractivity contribution in [3.8, 4) is 0 Å². The summed E-state index contributed by atoms with van der Waals surface area (Å²) in [5.41, 5.74) is 3.62. The predicted molar refractivity (Wildman–Crippen MR) is 118 cm³/mol. The van der Waals surface area contributed by atoms with Gasteiger partial charge in [0.15, 0.2) is 0 Å². The number of nitrogens with zero attached hydrogens (tertiary/aromatic N) is 1. The molecule has 0 bridgehead atoms. The van der Waals surface area contributed by atoms with Gasteiger partial charge in [0.25, 0.3) is 5.91 Å². The molecule has 0 spiro atoms. The van der Waals surface area contributed by atoms with Gasteiger partial charge >= 0.3 is 0 Å². The number of halogens is 1. The van der Waals surface area contributed by atoms with Crippen LogP contribution in [0.3, 0.4) is 0 Å². The lowest BCUT2D eigenvalue weighted by Crippen LogP contribution is -2.43. The fraction of sp³-hybridized carbons (Fsp3) is 0.440.